The van der Waals surface area contributed by atoms with E-state index in [1.54, 1.807) is 29.4 Å². The number of carbonyl (C=O) groups is 3. The zero-order chi connectivity index (χ0) is 24.3. The van der Waals surface area contributed by atoms with Crippen LogP contribution in [0, 0.1) is 0 Å². The van der Waals surface area contributed by atoms with Gasteiger partial charge in [0.15, 0.2) is 5.54 Å². The predicted molar refractivity (Wildman–Crippen MR) is 130 cm³/mol. The number of aromatic nitrogens is 1. The third-order valence-electron chi connectivity index (χ3n) is 6.68. The SMILES string of the molecule is O=C(c1ccncc1)N1CCN(CN2C(=O)N[C@@](Cc3ccccc3)(c3ccccc3)C2=O)CC1. The molecule has 0 aliphatic carbocycles. The average Bonchev–Trinajstić information content (AvgIpc) is 3.15. The van der Waals surface area contributed by atoms with Gasteiger partial charge in [0, 0.05) is 50.6 Å². The fourth-order valence-corrected chi connectivity index (χ4v) is 4.77. The summed E-state index contributed by atoms with van der Waals surface area (Å²) in [6.45, 7) is 2.39. The van der Waals surface area contributed by atoms with Gasteiger partial charge in [-0.1, -0.05) is 60.7 Å². The zero-order valence-electron chi connectivity index (χ0n) is 19.3. The smallest absolute Gasteiger partial charge is 0.326 e. The summed E-state index contributed by atoms with van der Waals surface area (Å²) in [5, 5.41) is 3.01. The van der Waals surface area contributed by atoms with Crippen LogP contribution in [0.5, 0.6) is 0 Å². The fourth-order valence-electron chi connectivity index (χ4n) is 4.77. The van der Waals surface area contributed by atoms with E-state index in [4.69, 9.17) is 0 Å². The van der Waals surface area contributed by atoms with Gasteiger partial charge >= 0.3 is 6.03 Å². The number of hydrogen-bond acceptors (Lipinski definition) is 5. The highest BCUT2D eigenvalue weighted by molar-refractivity contribution is 6.07. The second-order valence-electron chi connectivity index (χ2n) is 8.88. The number of rotatable bonds is 6. The van der Waals surface area contributed by atoms with Gasteiger partial charge in [0.05, 0.1) is 6.67 Å². The number of nitrogens with zero attached hydrogens (tertiary/aromatic N) is 4. The summed E-state index contributed by atoms with van der Waals surface area (Å²) in [5.74, 6) is -0.291. The Morgan fingerprint density at radius 2 is 1.49 bits per heavy atom. The molecule has 8 heteroatoms. The van der Waals surface area contributed by atoms with Crippen molar-refractivity contribution in [2.24, 2.45) is 0 Å². The molecule has 0 unspecified atom stereocenters. The zero-order valence-corrected chi connectivity index (χ0v) is 19.3. The first-order valence-corrected chi connectivity index (χ1v) is 11.7. The molecule has 178 valence electrons. The quantitative estimate of drug-likeness (QED) is 0.561. The molecule has 2 aliphatic rings. The van der Waals surface area contributed by atoms with E-state index in [2.05, 4.69) is 10.3 Å². The average molecular weight is 470 g/mol. The molecule has 3 aromatic rings. The lowest BCUT2D eigenvalue weighted by molar-refractivity contribution is -0.133. The molecule has 35 heavy (non-hydrogen) atoms. The van der Waals surface area contributed by atoms with Gasteiger partial charge in [0.1, 0.15) is 0 Å². The van der Waals surface area contributed by atoms with Crippen molar-refractivity contribution in [2.45, 2.75) is 12.0 Å². The molecule has 0 radical (unpaired) electrons. The largest absolute Gasteiger partial charge is 0.336 e. The lowest BCUT2D eigenvalue weighted by Crippen LogP contribution is -2.53. The number of nitrogens with one attached hydrogen (secondary N) is 1. The molecule has 4 amide bonds. The number of hydrogen-bond donors (Lipinski definition) is 1. The van der Waals surface area contributed by atoms with Gasteiger partial charge < -0.3 is 10.2 Å². The normalized spacial score (nSPS) is 20.7. The van der Waals surface area contributed by atoms with Crippen LogP contribution in [0.15, 0.2) is 85.2 Å². The molecule has 3 heterocycles. The number of benzene rings is 2. The monoisotopic (exact) mass is 469 g/mol. The van der Waals surface area contributed by atoms with Gasteiger partial charge in [-0.25, -0.2) is 9.69 Å². The van der Waals surface area contributed by atoms with E-state index in [1.807, 2.05) is 65.6 Å². The molecule has 2 fully saturated rings. The number of amides is 4. The van der Waals surface area contributed by atoms with Gasteiger partial charge in [-0.15, -0.1) is 0 Å². The Hall–Kier alpha value is -4.04. The summed E-state index contributed by atoms with van der Waals surface area (Å²) in [6.07, 6.45) is 3.58. The van der Waals surface area contributed by atoms with Crippen molar-refractivity contribution in [3.8, 4) is 0 Å². The lowest BCUT2D eigenvalue weighted by Gasteiger charge is -2.36. The second-order valence-corrected chi connectivity index (χ2v) is 8.88. The molecular weight excluding hydrogens is 442 g/mol. The Morgan fingerprint density at radius 3 is 2.14 bits per heavy atom. The Kier molecular flexibility index (Phi) is 6.29. The van der Waals surface area contributed by atoms with Crippen LogP contribution in [0.1, 0.15) is 21.5 Å². The molecule has 8 nitrogen and oxygen atoms in total. The molecule has 1 atom stereocenters. The van der Waals surface area contributed by atoms with Crippen molar-refractivity contribution < 1.29 is 14.4 Å². The molecule has 0 saturated carbocycles. The van der Waals surface area contributed by atoms with Gasteiger partial charge in [0.25, 0.3) is 11.8 Å². The highest BCUT2D eigenvalue weighted by Gasteiger charge is 2.52. The highest BCUT2D eigenvalue weighted by atomic mass is 16.2. The van der Waals surface area contributed by atoms with Crippen molar-refractivity contribution in [3.05, 3.63) is 102 Å². The fraction of sp³-hybridized carbons (Fsp3) is 0.259. The molecule has 0 spiro atoms. The summed E-state index contributed by atoms with van der Waals surface area (Å²) in [4.78, 5) is 48.7. The van der Waals surface area contributed by atoms with E-state index < -0.39 is 11.6 Å². The van der Waals surface area contributed by atoms with E-state index in [-0.39, 0.29) is 18.5 Å². The Morgan fingerprint density at radius 1 is 0.857 bits per heavy atom. The first-order chi connectivity index (χ1) is 17.1. The third-order valence-corrected chi connectivity index (χ3v) is 6.68. The van der Waals surface area contributed by atoms with Crippen LogP contribution in [0.25, 0.3) is 0 Å². The summed E-state index contributed by atoms with van der Waals surface area (Å²) in [7, 11) is 0. The summed E-state index contributed by atoms with van der Waals surface area (Å²) < 4.78 is 0. The van der Waals surface area contributed by atoms with Crippen LogP contribution in [0.4, 0.5) is 4.79 Å². The van der Waals surface area contributed by atoms with Crippen LogP contribution in [0.3, 0.4) is 0 Å². The van der Waals surface area contributed by atoms with E-state index in [0.29, 0.717) is 38.2 Å². The summed E-state index contributed by atoms with van der Waals surface area (Å²) in [6, 6.07) is 22.1. The van der Waals surface area contributed by atoms with Gasteiger partial charge in [-0.2, -0.15) is 0 Å². The minimum absolute atomic E-state index is 0.0343. The van der Waals surface area contributed by atoms with Crippen LogP contribution in [-0.4, -0.2) is 70.4 Å². The molecule has 5 rings (SSSR count). The van der Waals surface area contributed by atoms with Crippen LogP contribution < -0.4 is 5.32 Å². The summed E-state index contributed by atoms with van der Waals surface area (Å²) >= 11 is 0. The standard InChI is InChI=1S/C27H27N5O3/c33-24(22-11-13-28-14-12-22)31-17-15-30(16-18-31)20-32-25(34)27(29-26(32)35,23-9-5-2-6-10-23)19-21-7-3-1-4-8-21/h1-14H,15-20H2,(H,29,35)/t27-/m0/s1. The van der Waals surface area contributed by atoms with E-state index >= 15 is 0 Å². The van der Waals surface area contributed by atoms with Crippen LogP contribution in [0.2, 0.25) is 0 Å². The van der Waals surface area contributed by atoms with E-state index in [9.17, 15) is 14.4 Å². The third kappa shape index (κ3) is 4.52. The van der Waals surface area contributed by atoms with Crippen LogP contribution in [-0.2, 0) is 16.8 Å². The van der Waals surface area contributed by atoms with Crippen molar-refractivity contribution in [1.29, 1.82) is 0 Å². The number of piperazine rings is 1. The topological polar surface area (TPSA) is 85.8 Å². The predicted octanol–water partition coefficient (Wildman–Crippen LogP) is 2.49. The molecule has 0 bridgehead atoms. The van der Waals surface area contributed by atoms with Crippen molar-refractivity contribution in [2.75, 3.05) is 32.8 Å². The number of carbonyl (C=O) groups excluding carboxylic acids is 3. The molecule has 2 aliphatic heterocycles. The maximum atomic E-state index is 13.8. The molecular formula is C27H27N5O3. The Balaban J connectivity index is 1.30. The first kappa shape index (κ1) is 22.7. The molecule has 2 saturated heterocycles. The number of imide groups is 1. The lowest BCUT2D eigenvalue weighted by atomic mass is 9.83. The maximum absolute atomic E-state index is 13.8. The van der Waals surface area contributed by atoms with Crippen molar-refractivity contribution in [3.63, 3.8) is 0 Å². The first-order valence-electron chi connectivity index (χ1n) is 11.7. The van der Waals surface area contributed by atoms with Crippen molar-refractivity contribution >= 4 is 17.8 Å². The molecule has 1 aromatic heterocycles. The van der Waals surface area contributed by atoms with Crippen molar-refractivity contribution in [1.82, 2.24) is 25.0 Å². The number of pyridine rings is 1. The Labute approximate surface area is 204 Å². The second kappa shape index (κ2) is 9.68. The number of urea groups is 1. The molecule has 1 N–H and O–H groups in total. The van der Waals surface area contributed by atoms with Crippen LogP contribution >= 0.6 is 0 Å². The van der Waals surface area contributed by atoms with E-state index in [1.165, 1.54) is 4.90 Å². The van der Waals surface area contributed by atoms with Gasteiger partial charge in [-0.3, -0.25) is 19.5 Å². The minimum Gasteiger partial charge on any atom is -0.336 e. The van der Waals surface area contributed by atoms with Gasteiger partial charge in [-0.05, 0) is 23.3 Å². The summed E-state index contributed by atoms with van der Waals surface area (Å²) in [5.41, 5.74) is 1.18. The Bertz CT molecular complexity index is 1200. The minimum atomic E-state index is -1.15. The molecule has 2 aromatic carbocycles. The van der Waals surface area contributed by atoms with E-state index in [0.717, 1.165) is 11.1 Å². The highest BCUT2D eigenvalue weighted by Crippen LogP contribution is 2.33. The maximum Gasteiger partial charge on any atom is 0.326 e. The van der Waals surface area contributed by atoms with Gasteiger partial charge in [0.2, 0.25) is 0 Å².